The molecule has 0 aliphatic heterocycles. The van der Waals surface area contributed by atoms with Gasteiger partial charge in [0, 0.05) is 18.8 Å². The SMILES string of the molecule is O=C(NCCCO)NCc1nncn1-c1ccccc1. The number of urea groups is 1. The summed E-state index contributed by atoms with van der Waals surface area (Å²) < 4.78 is 1.81. The summed E-state index contributed by atoms with van der Waals surface area (Å²) in [7, 11) is 0. The first-order valence-electron chi connectivity index (χ1n) is 6.38. The van der Waals surface area contributed by atoms with E-state index in [1.807, 2.05) is 34.9 Å². The largest absolute Gasteiger partial charge is 0.396 e. The number of carbonyl (C=O) groups is 1. The number of hydrogen-bond donors (Lipinski definition) is 3. The highest BCUT2D eigenvalue weighted by atomic mass is 16.3. The lowest BCUT2D eigenvalue weighted by Gasteiger charge is -2.08. The van der Waals surface area contributed by atoms with Gasteiger partial charge >= 0.3 is 6.03 Å². The minimum Gasteiger partial charge on any atom is -0.396 e. The Balaban J connectivity index is 1.91. The van der Waals surface area contributed by atoms with E-state index in [0.717, 1.165) is 5.69 Å². The number of nitrogens with one attached hydrogen (secondary N) is 2. The second-order valence-electron chi connectivity index (χ2n) is 4.14. The summed E-state index contributed by atoms with van der Waals surface area (Å²) in [6.45, 7) is 0.774. The first-order valence-corrected chi connectivity index (χ1v) is 6.38. The van der Waals surface area contributed by atoms with Crippen LogP contribution in [0.4, 0.5) is 4.79 Å². The molecule has 7 nitrogen and oxygen atoms in total. The van der Waals surface area contributed by atoms with Gasteiger partial charge in [0.1, 0.15) is 6.33 Å². The average Bonchev–Trinajstić information content (AvgIpc) is 2.95. The van der Waals surface area contributed by atoms with Gasteiger partial charge in [-0.2, -0.15) is 0 Å². The minimum atomic E-state index is -0.291. The fraction of sp³-hybridized carbons (Fsp3) is 0.308. The van der Waals surface area contributed by atoms with Crippen LogP contribution in [0.5, 0.6) is 0 Å². The number of carbonyl (C=O) groups excluding carboxylic acids is 1. The molecule has 1 aromatic heterocycles. The molecule has 0 aliphatic carbocycles. The molecule has 3 N–H and O–H groups in total. The van der Waals surface area contributed by atoms with Gasteiger partial charge in [0.05, 0.1) is 6.54 Å². The molecular formula is C13H17N5O2. The summed E-state index contributed by atoms with van der Waals surface area (Å²) in [4.78, 5) is 11.5. The number of benzene rings is 1. The Labute approximate surface area is 116 Å². The van der Waals surface area contributed by atoms with Crippen molar-refractivity contribution >= 4 is 6.03 Å². The summed E-state index contributed by atoms with van der Waals surface area (Å²) in [5.74, 6) is 0.647. The third kappa shape index (κ3) is 3.79. The second kappa shape index (κ2) is 7.25. The Morgan fingerprint density at radius 3 is 2.80 bits per heavy atom. The fourth-order valence-corrected chi connectivity index (χ4v) is 1.69. The maximum atomic E-state index is 11.5. The van der Waals surface area contributed by atoms with Crippen LogP contribution in [0.1, 0.15) is 12.2 Å². The Morgan fingerprint density at radius 2 is 2.05 bits per heavy atom. The molecule has 0 bridgehead atoms. The minimum absolute atomic E-state index is 0.0581. The Bertz CT molecular complexity index is 541. The van der Waals surface area contributed by atoms with Crippen molar-refractivity contribution in [3.63, 3.8) is 0 Å². The van der Waals surface area contributed by atoms with Gasteiger partial charge in [0.2, 0.25) is 0 Å². The van der Waals surface area contributed by atoms with Crippen LogP contribution in [0.3, 0.4) is 0 Å². The van der Waals surface area contributed by atoms with E-state index in [1.165, 1.54) is 0 Å². The number of hydrogen-bond acceptors (Lipinski definition) is 4. The molecule has 2 rings (SSSR count). The predicted octanol–water partition coefficient (Wildman–Crippen LogP) is 0.449. The number of nitrogens with zero attached hydrogens (tertiary/aromatic N) is 3. The smallest absolute Gasteiger partial charge is 0.315 e. The van der Waals surface area contributed by atoms with Crippen LogP contribution in [-0.4, -0.2) is 39.1 Å². The lowest BCUT2D eigenvalue weighted by atomic mass is 10.3. The average molecular weight is 275 g/mol. The van der Waals surface area contributed by atoms with Crippen molar-refractivity contribution in [3.05, 3.63) is 42.5 Å². The van der Waals surface area contributed by atoms with Crippen molar-refractivity contribution in [2.75, 3.05) is 13.2 Å². The van der Waals surface area contributed by atoms with Crippen LogP contribution < -0.4 is 10.6 Å². The summed E-state index contributed by atoms with van der Waals surface area (Å²) >= 11 is 0. The van der Waals surface area contributed by atoms with Crippen LogP contribution in [0.2, 0.25) is 0 Å². The van der Waals surface area contributed by atoms with E-state index in [9.17, 15) is 4.79 Å². The highest BCUT2D eigenvalue weighted by Crippen LogP contribution is 2.08. The molecule has 20 heavy (non-hydrogen) atoms. The number of aliphatic hydroxyl groups is 1. The van der Waals surface area contributed by atoms with Gasteiger partial charge in [-0.05, 0) is 18.6 Å². The molecule has 2 amide bonds. The molecule has 0 unspecified atom stereocenters. The summed E-state index contributed by atoms with van der Waals surface area (Å²) in [5.41, 5.74) is 0.940. The highest BCUT2D eigenvalue weighted by Gasteiger charge is 2.07. The van der Waals surface area contributed by atoms with Crippen LogP contribution in [-0.2, 0) is 6.54 Å². The van der Waals surface area contributed by atoms with E-state index in [4.69, 9.17) is 5.11 Å². The predicted molar refractivity (Wildman–Crippen MR) is 73.3 cm³/mol. The molecule has 0 saturated carbocycles. The van der Waals surface area contributed by atoms with Gasteiger partial charge in [-0.3, -0.25) is 4.57 Å². The van der Waals surface area contributed by atoms with Gasteiger partial charge in [0.25, 0.3) is 0 Å². The number of rotatable bonds is 6. The van der Waals surface area contributed by atoms with Crippen molar-refractivity contribution in [1.29, 1.82) is 0 Å². The maximum Gasteiger partial charge on any atom is 0.315 e. The molecule has 0 radical (unpaired) electrons. The number of para-hydroxylation sites is 1. The first-order chi connectivity index (χ1) is 9.81. The van der Waals surface area contributed by atoms with Gasteiger partial charge in [-0.15, -0.1) is 10.2 Å². The van der Waals surface area contributed by atoms with Gasteiger partial charge < -0.3 is 15.7 Å². The van der Waals surface area contributed by atoms with Crippen molar-refractivity contribution in [2.24, 2.45) is 0 Å². The maximum absolute atomic E-state index is 11.5. The van der Waals surface area contributed by atoms with Crippen LogP contribution in [0.15, 0.2) is 36.7 Å². The van der Waals surface area contributed by atoms with E-state index in [2.05, 4.69) is 20.8 Å². The molecule has 1 aromatic carbocycles. The van der Waals surface area contributed by atoms with Gasteiger partial charge in [0.15, 0.2) is 5.82 Å². The van der Waals surface area contributed by atoms with Crippen molar-refractivity contribution in [3.8, 4) is 5.69 Å². The lowest BCUT2D eigenvalue weighted by molar-refractivity contribution is 0.237. The Morgan fingerprint density at radius 1 is 1.25 bits per heavy atom. The summed E-state index contributed by atoms with van der Waals surface area (Å²) in [6.07, 6.45) is 2.14. The molecule has 1 heterocycles. The standard InChI is InChI=1S/C13H17N5O2/c19-8-4-7-14-13(20)15-9-12-17-16-10-18(12)11-5-2-1-3-6-11/h1-3,5-6,10,19H,4,7-9H2,(H2,14,15,20). The molecule has 0 spiro atoms. The van der Waals surface area contributed by atoms with E-state index in [0.29, 0.717) is 18.8 Å². The van der Waals surface area contributed by atoms with Crippen molar-refractivity contribution < 1.29 is 9.90 Å². The third-order valence-electron chi connectivity index (χ3n) is 2.68. The number of aromatic nitrogens is 3. The third-order valence-corrected chi connectivity index (χ3v) is 2.68. The first kappa shape index (κ1) is 14.0. The van der Waals surface area contributed by atoms with E-state index < -0.39 is 0 Å². The Kier molecular flexibility index (Phi) is 5.08. The van der Waals surface area contributed by atoms with Crippen molar-refractivity contribution in [2.45, 2.75) is 13.0 Å². The normalized spacial score (nSPS) is 10.2. The molecular weight excluding hydrogens is 258 g/mol. The molecule has 7 heteroatoms. The highest BCUT2D eigenvalue weighted by molar-refractivity contribution is 5.73. The topological polar surface area (TPSA) is 92.1 Å². The van der Waals surface area contributed by atoms with Crippen molar-refractivity contribution in [1.82, 2.24) is 25.4 Å². The number of aliphatic hydroxyl groups excluding tert-OH is 1. The summed E-state index contributed by atoms with van der Waals surface area (Å²) in [6, 6.07) is 9.37. The van der Waals surface area contributed by atoms with Crippen LogP contribution in [0, 0.1) is 0 Å². The molecule has 0 fully saturated rings. The molecule has 106 valence electrons. The Hall–Kier alpha value is -2.41. The fourth-order valence-electron chi connectivity index (χ4n) is 1.69. The zero-order valence-corrected chi connectivity index (χ0v) is 11.0. The van der Waals surface area contributed by atoms with E-state index in [1.54, 1.807) is 6.33 Å². The summed E-state index contributed by atoms with van der Waals surface area (Å²) in [5, 5.41) is 21.8. The van der Waals surface area contributed by atoms with E-state index >= 15 is 0 Å². The van der Waals surface area contributed by atoms with Crippen LogP contribution >= 0.6 is 0 Å². The number of amides is 2. The molecule has 0 saturated heterocycles. The zero-order chi connectivity index (χ0) is 14.2. The van der Waals surface area contributed by atoms with Crippen LogP contribution in [0.25, 0.3) is 5.69 Å². The quantitative estimate of drug-likeness (QED) is 0.667. The molecule has 2 aromatic rings. The monoisotopic (exact) mass is 275 g/mol. The van der Waals surface area contributed by atoms with Gasteiger partial charge in [-0.25, -0.2) is 4.79 Å². The zero-order valence-electron chi connectivity index (χ0n) is 11.0. The molecule has 0 atom stereocenters. The lowest BCUT2D eigenvalue weighted by Crippen LogP contribution is -2.36. The molecule has 0 aliphatic rings. The van der Waals surface area contributed by atoms with E-state index in [-0.39, 0.29) is 19.2 Å². The second-order valence-corrected chi connectivity index (χ2v) is 4.14. The van der Waals surface area contributed by atoms with Gasteiger partial charge in [-0.1, -0.05) is 18.2 Å².